The van der Waals surface area contributed by atoms with Gasteiger partial charge in [0.25, 0.3) is 0 Å². The smallest absolute Gasteiger partial charge is 0.409 e. The first kappa shape index (κ1) is 10.8. The predicted molar refractivity (Wildman–Crippen MR) is 55.5 cm³/mol. The minimum absolute atomic E-state index is 0.239. The van der Waals surface area contributed by atoms with Gasteiger partial charge in [-0.15, -0.1) is 11.6 Å². The van der Waals surface area contributed by atoms with Gasteiger partial charge in [0.05, 0.1) is 0 Å². The van der Waals surface area contributed by atoms with Gasteiger partial charge in [0.2, 0.25) is 0 Å². The maximum Gasteiger partial charge on any atom is 0.409 e. The molecule has 0 bridgehead atoms. The van der Waals surface area contributed by atoms with Crippen LogP contribution in [0.4, 0.5) is 10.5 Å². The summed E-state index contributed by atoms with van der Waals surface area (Å²) in [6.07, 6.45) is -1.11. The third kappa shape index (κ3) is 2.37. The van der Waals surface area contributed by atoms with Crippen LogP contribution in [0.1, 0.15) is 11.1 Å². The molecule has 1 rings (SSSR count). The third-order valence-electron chi connectivity index (χ3n) is 1.87. The normalized spacial score (nSPS) is 9.86. The minimum Gasteiger partial charge on any atom is -0.465 e. The van der Waals surface area contributed by atoms with E-state index in [1.807, 2.05) is 6.07 Å². The highest BCUT2D eigenvalue weighted by Crippen LogP contribution is 2.21. The summed E-state index contributed by atoms with van der Waals surface area (Å²) in [5.74, 6) is 0.239. The highest BCUT2D eigenvalue weighted by molar-refractivity contribution is 6.17. The van der Waals surface area contributed by atoms with E-state index in [9.17, 15) is 4.79 Å². The van der Waals surface area contributed by atoms with Gasteiger partial charge < -0.3 is 10.8 Å². The summed E-state index contributed by atoms with van der Waals surface area (Å²) in [6.45, 7) is 0.344. The van der Waals surface area contributed by atoms with E-state index < -0.39 is 6.09 Å². The fourth-order valence-electron chi connectivity index (χ4n) is 1.22. The lowest BCUT2D eigenvalue weighted by Gasteiger charge is -2.10. The van der Waals surface area contributed by atoms with Crippen LogP contribution in [-0.4, -0.2) is 11.2 Å². The van der Waals surface area contributed by atoms with E-state index >= 15 is 0 Å². The van der Waals surface area contributed by atoms with Crippen molar-refractivity contribution in [2.45, 2.75) is 12.4 Å². The van der Waals surface area contributed by atoms with Crippen LogP contribution in [-0.2, 0) is 12.4 Å². The summed E-state index contributed by atoms with van der Waals surface area (Å²) in [6, 6.07) is 5.22. The zero-order chi connectivity index (χ0) is 10.6. The maximum atomic E-state index is 10.5. The summed E-state index contributed by atoms with van der Waals surface area (Å²) in [5.41, 5.74) is 7.58. The van der Waals surface area contributed by atoms with Crippen molar-refractivity contribution in [2.24, 2.45) is 5.73 Å². The van der Waals surface area contributed by atoms with E-state index in [2.05, 4.69) is 5.32 Å². The highest BCUT2D eigenvalue weighted by atomic mass is 35.5. The van der Waals surface area contributed by atoms with Gasteiger partial charge in [0.15, 0.2) is 0 Å². The quantitative estimate of drug-likeness (QED) is 0.674. The van der Waals surface area contributed by atoms with E-state index in [-0.39, 0.29) is 5.88 Å². The number of carbonyl (C=O) groups is 1. The SMILES string of the molecule is NCc1cccc(NC(=O)O)c1CCl. The van der Waals surface area contributed by atoms with Crippen molar-refractivity contribution in [3.63, 3.8) is 0 Å². The summed E-state index contributed by atoms with van der Waals surface area (Å²) in [5, 5.41) is 10.8. The molecule has 0 atom stereocenters. The second-order valence-corrected chi connectivity index (χ2v) is 2.98. The molecule has 0 aliphatic carbocycles. The van der Waals surface area contributed by atoms with Gasteiger partial charge in [-0.25, -0.2) is 4.79 Å². The molecule has 0 aliphatic heterocycles. The van der Waals surface area contributed by atoms with Crippen molar-refractivity contribution in [3.8, 4) is 0 Å². The van der Waals surface area contributed by atoms with Crippen molar-refractivity contribution in [1.82, 2.24) is 0 Å². The molecule has 0 spiro atoms. The molecule has 0 heterocycles. The standard InChI is InChI=1S/C9H11ClN2O2/c10-4-7-6(5-11)2-1-3-8(7)12-9(13)14/h1-3,12H,4-5,11H2,(H,13,14). The molecule has 0 saturated carbocycles. The Labute approximate surface area is 86.7 Å². The van der Waals surface area contributed by atoms with Crippen molar-refractivity contribution in [2.75, 3.05) is 5.32 Å². The number of carboxylic acid groups (broad SMARTS) is 1. The van der Waals surface area contributed by atoms with Gasteiger partial charge in [-0.1, -0.05) is 12.1 Å². The molecule has 0 saturated heterocycles. The Morgan fingerprint density at radius 2 is 2.29 bits per heavy atom. The maximum absolute atomic E-state index is 10.5. The molecule has 0 radical (unpaired) electrons. The fourth-order valence-corrected chi connectivity index (χ4v) is 1.53. The number of nitrogens with two attached hydrogens (primary N) is 1. The average molecular weight is 215 g/mol. The van der Waals surface area contributed by atoms with Crippen LogP contribution in [0.2, 0.25) is 0 Å². The van der Waals surface area contributed by atoms with Gasteiger partial charge in [-0.2, -0.15) is 0 Å². The average Bonchev–Trinajstić information content (AvgIpc) is 2.16. The Hall–Kier alpha value is -1.26. The third-order valence-corrected chi connectivity index (χ3v) is 2.14. The molecule has 1 amide bonds. The highest BCUT2D eigenvalue weighted by Gasteiger charge is 2.07. The molecule has 0 fully saturated rings. The van der Waals surface area contributed by atoms with E-state index in [0.29, 0.717) is 12.2 Å². The number of halogens is 1. The molecular weight excluding hydrogens is 204 g/mol. The molecule has 1 aromatic carbocycles. The first-order valence-corrected chi connectivity index (χ1v) is 4.59. The van der Waals surface area contributed by atoms with Crippen molar-refractivity contribution in [1.29, 1.82) is 0 Å². The van der Waals surface area contributed by atoms with Crippen molar-refractivity contribution in [3.05, 3.63) is 29.3 Å². The molecule has 5 heteroatoms. The van der Waals surface area contributed by atoms with Gasteiger partial charge >= 0.3 is 6.09 Å². The molecule has 76 valence electrons. The van der Waals surface area contributed by atoms with E-state index in [4.69, 9.17) is 22.4 Å². The van der Waals surface area contributed by atoms with Gasteiger partial charge in [0.1, 0.15) is 0 Å². The number of anilines is 1. The van der Waals surface area contributed by atoms with E-state index in [0.717, 1.165) is 11.1 Å². The number of hydrogen-bond donors (Lipinski definition) is 3. The second kappa shape index (κ2) is 4.83. The second-order valence-electron chi connectivity index (χ2n) is 2.71. The lowest BCUT2D eigenvalue weighted by Crippen LogP contribution is -2.11. The number of amides is 1. The van der Waals surface area contributed by atoms with Gasteiger partial charge in [-0.3, -0.25) is 5.32 Å². The molecule has 1 aromatic rings. The molecule has 0 aromatic heterocycles. The van der Waals surface area contributed by atoms with Crippen LogP contribution in [0.15, 0.2) is 18.2 Å². The van der Waals surface area contributed by atoms with Crippen molar-refractivity contribution >= 4 is 23.4 Å². The number of nitrogens with one attached hydrogen (secondary N) is 1. The monoisotopic (exact) mass is 214 g/mol. The zero-order valence-corrected chi connectivity index (χ0v) is 8.21. The first-order valence-electron chi connectivity index (χ1n) is 4.05. The number of benzene rings is 1. The largest absolute Gasteiger partial charge is 0.465 e. The van der Waals surface area contributed by atoms with Crippen LogP contribution in [0.25, 0.3) is 0 Å². The van der Waals surface area contributed by atoms with Gasteiger partial charge in [-0.05, 0) is 17.2 Å². The Morgan fingerprint density at radius 3 is 2.79 bits per heavy atom. The Kier molecular flexibility index (Phi) is 3.73. The molecule has 14 heavy (non-hydrogen) atoms. The van der Waals surface area contributed by atoms with Crippen LogP contribution in [0, 0.1) is 0 Å². The topological polar surface area (TPSA) is 75.3 Å². The zero-order valence-electron chi connectivity index (χ0n) is 7.46. The Bertz CT molecular complexity index is 342. The summed E-state index contributed by atoms with van der Waals surface area (Å²) < 4.78 is 0. The summed E-state index contributed by atoms with van der Waals surface area (Å²) >= 11 is 5.71. The number of hydrogen-bond acceptors (Lipinski definition) is 2. The Morgan fingerprint density at radius 1 is 1.57 bits per heavy atom. The van der Waals surface area contributed by atoms with Crippen LogP contribution in [0.3, 0.4) is 0 Å². The summed E-state index contributed by atoms with van der Waals surface area (Å²) in [7, 11) is 0. The lowest BCUT2D eigenvalue weighted by molar-refractivity contribution is 0.209. The van der Waals surface area contributed by atoms with E-state index in [1.165, 1.54) is 0 Å². The first-order chi connectivity index (χ1) is 6.69. The Balaban J connectivity index is 3.08. The number of rotatable bonds is 3. The van der Waals surface area contributed by atoms with Crippen LogP contribution in [0.5, 0.6) is 0 Å². The van der Waals surface area contributed by atoms with Crippen molar-refractivity contribution < 1.29 is 9.90 Å². The van der Waals surface area contributed by atoms with Gasteiger partial charge in [0, 0.05) is 18.1 Å². The molecule has 4 nitrogen and oxygen atoms in total. The molecule has 4 N–H and O–H groups in total. The fraction of sp³-hybridized carbons (Fsp3) is 0.222. The predicted octanol–water partition coefficient (Wildman–Crippen LogP) is 1.97. The molecular formula is C9H11ClN2O2. The lowest BCUT2D eigenvalue weighted by atomic mass is 10.1. The van der Waals surface area contributed by atoms with E-state index in [1.54, 1.807) is 12.1 Å². The molecule has 0 aliphatic rings. The van der Waals surface area contributed by atoms with Crippen LogP contribution >= 0.6 is 11.6 Å². The summed E-state index contributed by atoms with van der Waals surface area (Å²) in [4.78, 5) is 10.5. The van der Waals surface area contributed by atoms with Crippen LogP contribution < -0.4 is 11.1 Å². The molecule has 0 unspecified atom stereocenters. The minimum atomic E-state index is -1.11. The number of alkyl halides is 1.